The Hall–Kier alpha value is -2.38. The first-order valence-corrected chi connectivity index (χ1v) is 8.05. The van der Waals surface area contributed by atoms with E-state index in [-0.39, 0.29) is 31.0 Å². The van der Waals surface area contributed by atoms with Gasteiger partial charge in [0.2, 0.25) is 5.91 Å². The van der Waals surface area contributed by atoms with Crippen LogP contribution >= 0.6 is 0 Å². The molecule has 2 atom stereocenters. The van der Waals surface area contributed by atoms with E-state index in [9.17, 15) is 18.7 Å². The zero-order valence-corrected chi connectivity index (χ0v) is 13.5. The van der Waals surface area contributed by atoms with Crippen molar-refractivity contribution in [3.63, 3.8) is 0 Å². The van der Waals surface area contributed by atoms with Crippen LogP contribution in [0.2, 0.25) is 0 Å². The zero-order chi connectivity index (χ0) is 17.8. The smallest absolute Gasteiger partial charge is 0.234 e. The number of pyridine rings is 1. The van der Waals surface area contributed by atoms with E-state index >= 15 is 0 Å². The number of hydrogen-bond donors (Lipinski definition) is 2. The number of nitrogens with zero attached hydrogens (tertiary/aromatic N) is 2. The van der Waals surface area contributed by atoms with Crippen LogP contribution in [0.5, 0.6) is 0 Å². The molecular formula is C18H19F2N3O2. The maximum absolute atomic E-state index is 14.0. The number of rotatable bonds is 5. The first-order valence-electron chi connectivity index (χ1n) is 8.05. The van der Waals surface area contributed by atoms with E-state index < -0.39 is 23.8 Å². The molecule has 7 heteroatoms. The van der Waals surface area contributed by atoms with E-state index in [1.54, 1.807) is 23.4 Å². The minimum atomic E-state index is -0.682. The fourth-order valence-corrected chi connectivity index (χ4v) is 3.09. The summed E-state index contributed by atoms with van der Waals surface area (Å²) in [7, 11) is 0. The van der Waals surface area contributed by atoms with E-state index in [4.69, 9.17) is 0 Å². The van der Waals surface area contributed by atoms with Gasteiger partial charge >= 0.3 is 0 Å². The molecule has 1 aliphatic heterocycles. The lowest BCUT2D eigenvalue weighted by molar-refractivity contribution is -0.122. The third-order valence-corrected chi connectivity index (χ3v) is 4.26. The molecule has 1 saturated heterocycles. The maximum Gasteiger partial charge on any atom is 0.234 e. The molecule has 5 nitrogen and oxygen atoms in total. The summed E-state index contributed by atoms with van der Waals surface area (Å²) < 4.78 is 27.5. The normalized spacial score (nSPS) is 20.6. The van der Waals surface area contributed by atoms with Gasteiger partial charge in [0.15, 0.2) is 0 Å². The topological polar surface area (TPSA) is 65.5 Å². The molecule has 2 heterocycles. The second kappa shape index (κ2) is 7.67. The lowest BCUT2D eigenvalue weighted by Crippen LogP contribution is -2.37. The average molecular weight is 347 g/mol. The molecule has 0 saturated carbocycles. The summed E-state index contributed by atoms with van der Waals surface area (Å²) in [5.41, 5.74) is 1.03. The van der Waals surface area contributed by atoms with Crippen LogP contribution in [0, 0.1) is 11.6 Å². The molecular weight excluding hydrogens is 328 g/mol. The van der Waals surface area contributed by atoms with E-state index in [2.05, 4.69) is 10.3 Å². The van der Waals surface area contributed by atoms with Crippen LogP contribution in [-0.4, -0.2) is 40.1 Å². The highest BCUT2D eigenvalue weighted by Crippen LogP contribution is 2.33. The summed E-state index contributed by atoms with van der Waals surface area (Å²) in [6, 6.07) is 6.33. The van der Waals surface area contributed by atoms with Gasteiger partial charge in [0.25, 0.3) is 0 Å². The van der Waals surface area contributed by atoms with Crippen LogP contribution in [0.4, 0.5) is 8.78 Å². The SMILES string of the molecule is O=C(CN1C[C@@H](O)C[C@H]1c1cc(F)ccc1F)NCc1cccnc1. The predicted molar refractivity (Wildman–Crippen MR) is 87.4 cm³/mol. The Balaban J connectivity index is 1.65. The molecule has 132 valence electrons. The van der Waals surface area contributed by atoms with Crippen LogP contribution in [0.25, 0.3) is 0 Å². The summed E-state index contributed by atoms with van der Waals surface area (Å²) in [4.78, 5) is 17.8. The predicted octanol–water partition coefficient (Wildman–Crippen LogP) is 1.78. The third-order valence-electron chi connectivity index (χ3n) is 4.26. The van der Waals surface area contributed by atoms with E-state index in [0.717, 1.165) is 23.8 Å². The number of halogens is 2. The van der Waals surface area contributed by atoms with Gasteiger partial charge in [-0.1, -0.05) is 6.07 Å². The van der Waals surface area contributed by atoms with Gasteiger partial charge in [-0.3, -0.25) is 14.7 Å². The summed E-state index contributed by atoms with van der Waals surface area (Å²) in [6.07, 6.45) is 2.88. The Kier molecular flexibility index (Phi) is 5.35. The first-order chi connectivity index (χ1) is 12.0. The van der Waals surface area contributed by atoms with Gasteiger partial charge < -0.3 is 10.4 Å². The molecule has 1 aliphatic rings. The van der Waals surface area contributed by atoms with Crippen molar-refractivity contribution >= 4 is 5.91 Å². The Morgan fingerprint density at radius 2 is 2.20 bits per heavy atom. The summed E-state index contributed by atoms with van der Waals surface area (Å²) in [5.74, 6) is -1.33. The van der Waals surface area contributed by atoms with Crippen LogP contribution in [0.1, 0.15) is 23.6 Å². The molecule has 0 spiro atoms. The summed E-state index contributed by atoms with van der Waals surface area (Å²) in [6.45, 7) is 0.570. The van der Waals surface area contributed by atoms with Crippen LogP contribution in [0.3, 0.4) is 0 Å². The summed E-state index contributed by atoms with van der Waals surface area (Å²) >= 11 is 0. The molecule has 1 aromatic heterocycles. The van der Waals surface area contributed by atoms with Crippen LogP contribution in [0.15, 0.2) is 42.7 Å². The number of benzene rings is 1. The van der Waals surface area contributed by atoms with Gasteiger partial charge in [0, 0.05) is 37.1 Å². The largest absolute Gasteiger partial charge is 0.392 e. The lowest BCUT2D eigenvalue weighted by Gasteiger charge is -2.24. The van der Waals surface area contributed by atoms with E-state index in [1.165, 1.54) is 0 Å². The minimum Gasteiger partial charge on any atom is -0.392 e. The van der Waals surface area contributed by atoms with Crippen molar-refractivity contribution in [3.8, 4) is 0 Å². The molecule has 0 radical (unpaired) electrons. The Bertz CT molecular complexity index is 742. The highest BCUT2D eigenvalue weighted by molar-refractivity contribution is 5.78. The molecule has 1 aromatic carbocycles. The van der Waals surface area contributed by atoms with Gasteiger partial charge in [0.1, 0.15) is 11.6 Å². The minimum absolute atomic E-state index is 0.00204. The number of likely N-dealkylation sites (tertiary alicyclic amines) is 1. The Morgan fingerprint density at radius 1 is 1.36 bits per heavy atom. The van der Waals surface area contributed by atoms with Gasteiger partial charge in [-0.2, -0.15) is 0 Å². The van der Waals surface area contributed by atoms with Crippen LogP contribution in [-0.2, 0) is 11.3 Å². The fraction of sp³-hybridized carbons (Fsp3) is 0.333. The number of amides is 1. The molecule has 3 rings (SSSR count). The highest BCUT2D eigenvalue weighted by atomic mass is 19.1. The first kappa shape index (κ1) is 17.4. The number of nitrogens with one attached hydrogen (secondary N) is 1. The van der Waals surface area contributed by atoms with Crippen molar-refractivity contribution in [2.24, 2.45) is 0 Å². The van der Waals surface area contributed by atoms with Crippen molar-refractivity contribution in [1.82, 2.24) is 15.2 Å². The Morgan fingerprint density at radius 3 is 2.96 bits per heavy atom. The average Bonchev–Trinajstić information content (AvgIpc) is 2.96. The lowest BCUT2D eigenvalue weighted by atomic mass is 10.0. The van der Waals surface area contributed by atoms with Crippen molar-refractivity contribution in [1.29, 1.82) is 0 Å². The van der Waals surface area contributed by atoms with Crippen molar-refractivity contribution in [2.75, 3.05) is 13.1 Å². The monoisotopic (exact) mass is 347 g/mol. The van der Waals surface area contributed by atoms with Crippen molar-refractivity contribution in [2.45, 2.75) is 25.1 Å². The Labute approximate surface area is 144 Å². The van der Waals surface area contributed by atoms with Gasteiger partial charge in [-0.15, -0.1) is 0 Å². The number of hydrogen-bond acceptors (Lipinski definition) is 4. The highest BCUT2D eigenvalue weighted by Gasteiger charge is 2.34. The van der Waals surface area contributed by atoms with Gasteiger partial charge in [-0.25, -0.2) is 8.78 Å². The second-order valence-corrected chi connectivity index (χ2v) is 6.14. The number of carbonyl (C=O) groups excluding carboxylic acids is 1. The maximum atomic E-state index is 14.0. The standard InChI is InChI=1S/C18H19F2N3O2/c19-13-3-4-16(20)15(6-13)17-7-14(24)10-23(17)11-18(25)22-9-12-2-1-5-21-8-12/h1-6,8,14,17,24H,7,9-11H2,(H,22,25)/t14-,17-/m0/s1. The molecule has 2 aromatic rings. The van der Waals surface area contributed by atoms with Crippen LogP contribution < -0.4 is 5.32 Å². The third kappa shape index (κ3) is 4.37. The summed E-state index contributed by atoms with van der Waals surface area (Å²) in [5, 5.41) is 12.7. The van der Waals surface area contributed by atoms with Gasteiger partial charge in [0.05, 0.1) is 12.6 Å². The molecule has 1 fully saturated rings. The van der Waals surface area contributed by atoms with Gasteiger partial charge in [-0.05, 0) is 36.2 Å². The molecule has 25 heavy (non-hydrogen) atoms. The number of aliphatic hydroxyl groups excluding tert-OH is 1. The quantitative estimate of drug-likeness (QED) is 0.865. The van der Waals surface area contributed by atoms with Crippen molar-refractivity contribution < 1.29 is 18.7 Å². The number of aliphatic hydroxyl groups is 1. The fourth-order valence-electron chi connectivity index (χ4n) is 3.09. The zero-order valence-electron chi connectivity index (χ0n) is 13.5. The molecule has 0 unspecified atom stereocenters. The molecule has 0 aliphatic carbocycles. The van der Waals surface area contributed by atoms with E-state index in [0.29, 0.717) is 6.54 Å². The number of aromatic nitrogens is 1. The second-order valence-electron chi connectivity index (χ2n) is 6.14. The molecule has 1 amide bonds. The molecule has 0 bridgehead atoms. The molecule has 2 N–H and O–H groups in total. The number of β-amino-alcohol motifs (C(OH)–C–C–N with tert-alkyl or cyclic N) is 1. The number of carbonyl (C=O) groups is 1. The van der Waals surface area contributed by atoms with E-state index in [1.807, 2.05) is 6.07 Å². The van der Waals surface area contributed by atoms with Crippen molar-refractivity contribution in [3.05, 3.63) is 65.5 Å².